The summed E-state index contributed by atoms with van der Waals surface area (Å²) in [6.45, 7) is 1.93. The third-order valence-electron chi connectivity index (χ3n) is 3.42. The summed E-state index contributed by atoms with van der Waals surface area (Å²) in [4.78, 5) is 12.2. The van der Waals surface area contributed by atoms with E-state index in [1.165, 1.54) is 23.1 Å². The summed E-state index contributed by atoms with van der Waals surface area (Å²) in [5.74, 6) is 0.0191. The molecule has 3 rings (SSSR count). The summed E-state index contributed by atoms with van der Waals surface area (Å²) in [6.07, 6.45) is -3.26. The minimum atomic E-state index is -4.77. The molecule has 0 radical (unpaired) electrons. The summed E-state index contributed by atoms with van der Waals surface area (Å²) in [6, 6.07) is 8.52. The van der Waals surface area contributed by atoms with Crippen LogP contribution >= 0.6 is 11.8 Å². The largest absolute Gasteiger partial charge is 0.573 e. The molecule has 2 heterocycles. The van der Waals surface area contributed by atoms with Gasteiger partial charge in [-0.2, -0.15) is 4.68 Å². The minimum Gasteiger partial charge on any atom is -0.467 e. The summed E-state index contributed by atoms with van der Waals surface area (Å²) in [7, 11) is 0. The minimum absolute atomic E-state index is 0.245. The predicted octanol–water partition coefficient (Wildman–Crippen LogP) is 2.95. The molecule has 1 aromatic carbocycles. The lowest BCUT2D eigenvalue weighted by atomic mass is 10.3. The first-order valence-electron chi connectivity index (χ1n) is 7.93. The van der Waals surface area contributed by atoms with E-state index in [-0.39, 0.29) is 18.2 Å². The second kappa shape index (κ2) is 8.33. The van der Waals surface area contributed by atoms with Crippen molar-refractivity contribution in [2.45, 2.75) is 30.2 Å². The number of rotatable bonds is 7. The monoisotopic (exact) mass is 413 g/mol. The smallest absolute Gasteiger partial charge is 0.467 e. The number of thioether (sulfide) groups is 1. The predicted molar refractivity (Wildman–Crippen MR) is 91.7 cm³/mol. The number of carbonyl (C=O) groups is 1. The molecule has 0 fully saturated rings. The lowest BCUT2D eigenvalue weighted by Crippen LogP contribution is -2.30. The Hall–Kier alpha value is -3.02. The van der Waals surface area contributed by atoms with Gasteiger partial charge in [0.15, 0.2) is 0 Å². The zero-order chi connectivity index (χ0) is 20.1. The maximum Gasteiger partial charge on any atom is 0.573 e. The van der Waals surface area contributed by atoms with Crippen LogP contribution in [0, 0.1) is 0 Å². The zero-order valence-corrected chi connectivity index (χ0v) is 15.2. The van der Waals surface area contributed by atoms with Gasteiger partial charge >= 0.3 is 6.36 Å². The number of furan rings is 1. The Morgan fingerprint density at radius 1 is 1.32 bits per heavy atom. The Kier molecular flexibility index (Phi) is 5.87. The van der Waals surface area contributed by atoms with Gasteiger partial charge in [-0.05, 0) is 53.7 Å². The van der Waals surface area contributed by atoms with Gasteiger partial charge in [-0.1, -0.05) is 11.8 Å². The van der Waals surface area contributed by atoms with Gasteiger partial charge in [-0.3, -0.25) is 4.79 Å². The van der Waals surface area contributed by atoms with Crippen LogP contribution in [0.2, 0.25) is 0 Å². The Morgan fingerprint density at radius 2 is 2.07 bits per heavy atom. The number of benzene rings is 1. The molecule has 12 heteroatoms. The van der Waals surface area contributed by atoms with Crippen LogP contribution in [0.25, 0.3) is 5.69 Å². The Bertz CT molecular complexity index is 913. The molecule has 0 unspecified atom stereocenters. The number of ether oxygens (including phenoxy) is 1. The van der Waals surface area contributed by atoms with Crippen LogP contribution in [0.5, 0.6) is 5.75 Å². The van der Waals surface area contributed by atoms with Crippen molar-refractivity contribution in [1.29, 1.82) is 0 Å². The van der Waals surface area contributed by atoms with Gasteiger partial charge < -0.3 is 14.5 Å². The molecule has 0 aliphatic rings. The van der Waals surface area contributed by atoms with Crippen molar-refractivity contribution in [3.05, 3.63) is 48.4 Å². The van der Waals surface area contributed by atoms with Crippen molar-refractivity contribution < 1.29 is 27.1 Å². The molecule has 0 aliphatic carbocycles. The number of amides is 1. The molecule has 0 saturated heterocycles. The van der Waals surface area contributed by atoms with Crippen LogP contribution in [-0.4, -0.2) is 37.7 Å². The van der Waals surface area contributed by atoms with Crippen LogP contribution in [0.15, 0.2) is 52.2 Å². The SMILES string of the molecule is C[C@@H](Sc1nnnn1-c1ccc(OC(F)(F)F)cc1)C(=O)NCc1ccco1. The number of aromatic nitrogens is 4. The Morgan fingerprint density at radius 3 is 2.71 bits per heavy atom. The van der Waals surface area contributed by atoms with Crippen molar-refractivity contribution in [2.24, 2.45) is 0 Å². The third-order valence-corrected chi connectivity index (χ3v) is 4.46. The molecule has 1 atom stereocenters. The molecule has 0 spiro atoms. The lowest BCUT2D eigenvalue weighted by molar-refractivity contribution is -0.274. The van der Waals surface area contributed by atoms with Crippen LogP contribution in [-0.2, 0) is 11.3 Å². The number of hydrogen-bond acceptors (Lipinski definition) is 7. The van der Waals surface area contributed by atoms with Crippen molar-refractivity contribution in [2.75, 3.05) is 0 Å². The standard InChI is InChI=1S/C16H14F3N5O3S/c1-10(14(25)20-9-13-3-2-8-26-13)28-15-21-22-23-24(15)11-4-6-12(7-5-11)27-16(17,18)19/h2-8,10H,9H2,1H3,(H,20,25)/t10-/m1/s1. The average Bonchev–Trinajstić information content (AvgIpc) is 3.31. The Balaban J connectivity index is 1.63. The number of carbonyl (C=O) groups excluding carboxylic acids is 1. The fraction of sp³-hybridized carbons (Fsp3) is 0.250. The lowest BCUT2D eigenvalue weighted by Gasteiger charge is -2.12. The van der Waals surface area contributed by atoms with Gasteiger partial charge in [0, 0.05) is 0 Å². The molecule has 1 amide bonds. The van der Waals surface area contributed by atoms with E-state index in [1.807, 2.05) is 0 Å². The van der Waals surface area contributed by atoms with Gasteiger partial charge in [-0.15, -0.1) is 18.3 Å². The summed E-state index contributed by atoms with van der Waals surface area (Å²) in [5.41, 5.74) is 0.421. The molecular weight excluding hydrogens is 399 g/mol. The van der Waals surface area contributed by atoms with E-state index >= 15 is 0 Å². The van der Waals surface area contributed by atoms with E-state index in [0.717, 1.165) is 23.9 Å². The summed E-state index contributed by atoms with van der Waals surface area (Å²) < 4.78 is 47.0. The van der Waals surface area contributed by atoms with E-state index in [2.05, 4.69) is 25.6 Å². The van der Waals surface area contributed by atoms with Crippen LogP contribution < -0.4 is 10.1 Å². The fourth-order valence-electron chi connectivity index (χ4n) is 2.15. The molecule has 0 aliphatic heterocycles. The van der Waals surface area contributed by atoms with Gasteiger partial charge in [0.1, 0.15) is 11.5 Å². The summed E-state index contributed by atoms with van der Waals surface area (Å²) >= 11 is 1.10. The second-order valence-corrected chi connectivity index (χ2v) is 6.78. The molecule has 2 aromatic heterocycles. The molecule has 28 heavy (non-hydrogen) atoms. The highest BCUT2D eigenvalue weighted by Gasteiger charge is 2.31. The van der Waals surface area contributed by atoms with Gasteiger partial charge in [-0.25, -0.2) is 0 Å². The highest BCUT2D eigenvalue weighted by atomic mass is 32.2. The topological polar surface area (TPSA) is 95.1 Å². The summed E-state index contributed by atoms with van der Waals surface area (Å²) in [5, 5.41) is 13.8. The van der Waals surface area contributed by atoms with Gasteiger partial charge in [0.25, 0.3) is 0 Å². The number of halogens is 3. The zero-order valence-electron chi connectivity index (χ0n) is 14.4. The maximum absolute atomic E-state index is 12.2. The van der Waals surface area contributed by atoms with Crippen LogP contribution in [0.1, 0.15) is 12.7 Å². The van der Waals surface area contributed by atoms with Crippen molar-refractivity contribution in [3.8, 4) is 11.4 Å². The highest BCUT2D eigenvalue weighted by Crippen LogP contribution is 2.26. The third kappa shape index (κ3) is 5.25. The molecule has 148 valence electrons. The average molecular weight is 413 g/mol. The number of tetrazole rings is 1. The highest BCUT2D eigenvalue weighted by molar-refractivity contribution is 8.00. The van der Waals surface area contributed by atoms with E-state index in [4.69, 9.17) is 4.42 Å². The number of nitrogens with one attached hydrogen (secondary N) is 1. The van der Waals surface area contributed by atoms with Crippen molar-refractivity contribution in [3.63, 3.8) is 0 Å². The van der Waals surface area contributed by atoms with Crippen LogP contribution in [0.3, 0.4) is 0 Å². The molecule has 8 nitrogen and oxygen atoms in total. The first-order chi connectivity index (χ1) is 13.3. The van der Waals surface area contributed by atoms with Crippen LogP contribution in [0.4, 0.5) is 13.2 Å². The Labute approximate surface area is 161 Å². The number of hydrogen-bond donors (Lipinski definition) is 1. The van der Waals surface area contributed by atoms with Crippen molar-refractivity contribution in [1.82, 2.24) is 25.5 Å². The maximum atomic E-state index is 12.2. The molecule has 0 saturated carbocycles. The first-order valence-corrected chi connectivity index (χ1v) is 8.81. The number of alkyl halides is 3. The number of nitrogens with zero attached hydrogens (tertiary/aromatic N) is 4. The fourth-order valence-corrected chi connectivity index (χ4v) is 2.98. The van der Waals surface area contributed by atoms with E-state index in [0.29, 0.717) is 16.6 Å². The van der Waals surface area contributed by atoms with Gasteiger partial charge in [0.2, 0.25) is 11.1 Å². The second-order valence-electron chi connectivity index (χ2n) is 5.47. The van der Waals surface area contributed by atoms with E-state index in [1.54, 1.807) is 19.1 Å². The molecule has 1 N–H and O–H groups in total. The van der Waals surface area contributed by atoms with Gasteiger partial charge in [0.05, 0.1) is 23.7 Å². The van der Waals surface area contributed by atoms with Crippen molar-refractivity contribution >= 4 is 17.7 Å². The molecular formula is C16H14F3N5O3S. The quantitative estimate of drug-likeness (QED) is 0.595. The molecule has 0 bridgehead atoms. The molecule has 3 aromatic rings. The first kappa shape index (κ1) is 19.7. The van der Waals surface area contributed by atoms with E-state index < -0.39 is 11.6 Å². The normalized spacial score (nSPS) is 12.6. The van der Waals surface area contributed by atoms with E-state index in [9.17, 15) is 18.0 Å².